The van der Waals surface area contributed by atoms with E-state index in [9.17, 15) is 14.3 Å². The molecule has 0 saturated carbocycles. The van der Waals surface area contributed by atoms with Crippen molar-refractivity contribution < 1.29 is 32.4 Å². The van der Waals surface area contributed by atoms with Crippen LogP contribution < -0.4 is 0 Å². The number of allylic oxidation sites excluding steroid dienone is 4. The molecule has 210 valence electrons. The number of aliphatic imine (C=N–C) groups is 1. The Labute approximate surface area is 236 Å². The lowest BCUT2D eigenvalue weighted by Gasteiger charge is -2.29. The van der Waals surface area contributed by atoms with E-state index in [-0.39, 0.29) is 34.5 Å². The number of hydrogen-bond acceptors (Lipinski definition) is 5. The summed E-state index contributed by atoms with van der Waals surface area (Å²) in [6.07, 6.45) is 9.74. The number of pyridine rings is 1. The summed E-state index contributed by atoms with van der Waals surface area (Å²) >= 11 is 0. The van der Waals surface area contributed by atoms with Gasteiger partial charge in [-0.15, -0.1) is 0 Å². The van der Waals surface area contributed by atoms with Gasteiger partial charge in [0, 0.05) is 30.8 Å². The number of halogens is 3. The summed E-state index contributed by atoms with van der Waals surface area (Å²) in [5.41, 5.74) is -0.676. The van der Waals surface area contributed by atoms with Crippen LogP contribution in [0.4, 0.5) is 13.2 Å². The Morgan fingerprint density at radius 3 is 2.59 bits per heavy atom. The van der Waals surface area contributed by atoms with Crippen LogP contribution in [0.5, 0.6) is 5.75 Å². The standard InChI is InChI=1S/C32H28F3N3O3/c1-6-25(36-5)29-22(15-19(2)16-23(29)34)32(4,41-31(40)30-27(39)12-10-13-37-30)38-14-9-7-8-11-26(38)28-20(3)17-21(33)18-24(28)35/h6-10,12-18H,5,11H2,1-4H3/p+1/b25-6-/t32-/m0/s1. The highest BCUT2D eigenvalue weighted by Gasteiger charge is 2.48. The topological polar surface area (TPSA) is 74.8 Å². The van der Waals surface area contributed by atoms with Crippen LogP contribution in [0.1, 0.15) is 58.6 Å². The van der Waals surface area contributed by atoms with Crippen LogP contribution in [-0.4, -0.2) is 33.1 Å². The molecule has 0 bridgehead atoms. The van der Waals surface area contributed by atoms with Crippen molar-refractivity contribution in [3.63, 3.8) is 0 Å². The third-order valence-corrected chi connectivity index (χ3v) is 6.79. The summed E-state index contributed by atoms with van der Waals surface area (Å²) in [5.74, 6) is -3.65. The smallest absolute Gasteiger partial charge is 0.366 e. The van der Waals surface area contributed by atoms with Crippen molar-refractivity contribution in [1.29, 1.82) is 0 Å². The normalized spacial score (nSPS) is 15.0. The molecule has 41 heavy (non-hydrogen) atoms. The molecule has 2 aromatic carbocycles. The maximum absolute atomic E-state index is 15.8. The van der Waals surface area contributed by atoms with Gasteiger partial charge in [0.25, 0.3) is 0 Å². The van der Waals surface area contributed by atoms with Gasteiger partial charge in [0.1, 0.15) is 23.2 Å². The molecule has 0 aliphatic carbocycles. The highest BCUT2D eigenvalue weighted by molar-refractivity contribution is 6.00. The van der Waals surface area contributed by atoms with Crippen LogP contribution in [0.3, 0.4) is 0 Å². The second kappa shape index (κ2) is 11.8. The number of benzene rings is 2. The molecule has 1 atom stereocenters. The highest BCUT2D eigenvalue weighted by atomic mass is 19.1. The van der Waals surface area contributed by atoms with Gasteiger partial charge in [0.2, 0.25) is 0 Å². The number of aromatic nitrogens is 1. The Balaban J connectivity index is 2.14. The number of aryl methyl sites for hydroxylation is 2. The largest absolute Gasteiger partial charge is 0.505 e. The number of hydrogen-bond donors (Lipinski definition) is 1. The number of rotatable bonds is 7. The van der Waals surface area contributed by atoms with Crippen molar-refractivity contribution >= 4 is 24.1 Å². The molecular weight excluding hydrogens is 531 g/mol. The molecule has 2 heterocycles. The predicted molar refractivity (Wildman–Crippen MR) is 151 cm³/mol. The van der Waals surface area contributed by atoms with E-state index < -0.39 is 34.9 Å². The van der Waals surface area contributed by atoms with Crippen molar-refractivity contribution in [3.8, 4) is 5.75 Å². The van der Waals surface area contributed by atoms with E-state index in [1.54, 1.807) is 57.3 Å². The van der Waals surface area contributed by atoms with Crippen molar-refractivity contribution in [2.24, 2.45) is 4.99 Å². The molecule has 1 aliphatic rings. The maximum atomic E-state index is 15.8. The molecule has 1 aromatic heterocycles. The number of nitrogens with zero attached hydrogens (tertiary/aromatic N) is 3. The molecule has 0 unspecified atom stereocenters. The number of ether oxygens (including phenoxy) is 1. The third-order valence-electron chi connectivity index (χ3n) is 6.79. The number of aromatic hydroxyl groups is 1. The Hall–Kier alpha value is -4.79. The molecule has 6 nitrogen and oxygen atoms in total. The fourth-order valence-electron chi connectivity index (χ4n) is 4.97. The molecule has 0 fully saturated rings. The average molecular weight is 561 g/mol. The molecule has 4 rings (SSSR count). The van der Waals surface area contributed by atoms with E-state index in [0.29, 0.717) is 16.8 Å². The predicted octanol–water partition coefficient (Wildman–Crippen LogP) is 6.89. The van der Waals surface area contributed by atoms with Gasteiger partial charge < -0.3 is 9.84 Å². The zero-order valence-corrected chi connectivity index (χ0v) is 23.1. The monoisotopic (exact) mass is 560 g/mol. The van der Waals surface area contributed by atoms with E-state index in [4.69, 9.17) is 4.74 Å². The molecule has 0 spiro atoms. The summed E-state index contributed by atoms with van der Waals surface area (Å²) < 4.78 is 52.9. The SMILES string of the molecule is C=N/C(=C\C)c1c(F)cc(C)cc1[C@](C)(OC(=O)c1ncccc1O)[N+]1=C(c2c(C)cc(F)cc2F)CC=CC=C1. The molecule has 1 aliphatic heterocycles. The Kier molecular flexibility index (Phi) is 8.37. The lowest BCUT2D eigenvalue weighted by Crippen LogP contribution is -2.43. The highest BCUT2D eigenvalue weighted by Crippen LogP contribution is 2.39. The molecule has 0 amide bonds. The van der Waals surface area contributed by atoms with E-state index in [0.717, 1.165) is 6.07 Å². The fourth-order valence-corrected chi connectivity index (χ4v) is 4.97. The summed E-state index contributed by atoms with van der Waals surface area (Å²) in [4.78, 5) is 21.6. The van der Waals surface area contributed by atoms with Gasteiger partial charge in [0.05, 0.1) is 23.2 Å². The zero-order valence-electron chi connectivity index (χ0n) is 23.1. The van der Waals surface area contributed by atoms with Crippen LogP contribution in [0.15, 0.2) is 78.1 Å². The van der Waals surface area contributed by atoms with Crippen LogP contribution in [0.2, 0.25) is 0 Å². The van der Waals surface area contributed by atoms with Gasteiger partial charge in [0.15, 0.2) is 17.6 Å². The zero-order chi connectivity index (χ0) is 29.9. The van der Waals surface area contributed by atoms with Gasteiger partial charge in [-0.25, -0.2) is 22.9 Å². The molecule has 3 aromatic rings. The molecule has 0 radical (unpaired) electrons. The lowest BCUT2D eigenvalue weighted by atomic mass is 9.91. The quantitative estimate of drug-likeness (QED) is 0.194. The van der Waals surface area contributed by atoms with Crippen molar-refractivity contribution in [2.45, 2.75) is 39.8 Å². The van der Waals surface area contributed by atoms with Gasteiger partial charge in [-0.3, -0.25) is 4.99 Å². The van der Waals surface area contributed by atoms with Gasteiger partial charge >= 0.3 is 11.7 Å². The van der Waals surface area contributed by atoms with Gasteiger partial charge in [-0.2, -0.15) is 4.58 Å². The summed E-state index contributed by atoms with van der Waals surface area (Å²) in [7, 11) is 0. The first-order valence-corrected chi connectivity index (χ1v) is 12.8. The third kappa shape index (κ3) is 5.61. The molecule has 9 heteroatoms. The van der Waals surface area contributed by atoms with Gasteiger partial charge in [-0.1, -0.05) is 18.2 Å². The van der Waals surface area contributed by atoms with E-state index in [2.05, 4.69) is 16.7 Å². The molecule has 0 saturated heterocycles. The Morgan fingerprint density at radius 1 is 1.17 bits per heavy atom. The molecular formula is C32H29F3N3O3+. The summed E-state index contributed by atoms with van der Waals surface area (Å²) in [5, 5.41) is 10.4. The minimum atomic E-state index is -1.88. The maximum Gasteiger partial charge on any atom is 0.366 e. The number of carbonyl (C=O) groups is 1. The second-order valence-electron chi connectivity index (χ2n) is 9.61. The summed E-state index contributed by atoms with van der Waals surface area (Å²) in [6, 6.07) is 7.66. The molecule has 1 N–H and O–H groups in total. The fraction of sp³-hybridized carbons (Fsp3) is 0.188. The first-order chi connectivity index (χ1) is 19.5. The number of esters is 1. The minimum Gasteiger partial charge on any atom is -0.505 e. The second-order valence-corrected chi connectivity index (χ2v) is 9.61. The van der Waals surface area contributed by atoms with E-state index >= 15 is 8.78 Å². The van der Waals surface area contributed by atoms with Gasteiger partial charge in [-0.05, 0) is 68.9 Å². The van der Waals surface area contributed by atoms with Crippen LogP contribution >= 0.6 is 0 Å². The first kappa shape index (κ1) is 29.2. The van der Waals surface area contributed by atoms with E-state index in [1.165, 1.54) is 42.0 Å². The van der Waals surface area contributed by atoms with Crippen molar-refractivity contribution in [1.82, 2.24) is 4.98 Å². The number of carbonyl (C=O) groups excluding carboxylic acids is 1. The van der Waals surface area contributed by atoms with Crippen LogP contribution in [0, 0.1) is 31.3 Å². The lowest BCUT2D eigenvalue weighted by molar-refractivity contribution is -0.608. The minimum absolute atomic E-state index is 0.00917. The first-order valence-electron chi connectivity index (χ1n) is 12.8. The Morgan fingerprint density at radius 2 is 1.93 bits per heavy atom. The Bertz CT molecular complexity index is 1650. The average Bonchev–Trinajstić information content (AvgIpc) is 3.16. The summed E-state index contributed by atoms with van der Waals surface area (Å²) in [6.45, 7) is 9.99. The van der Waals surface area contributed by atoms with Crippen LogP contribution in [0.25, 0.3) is 5.70 Å². The van der Waals surface area contributed by atoms with E-state index in [1.807, 2.05) is 0 Å². The van der Waals surface area contributed by atoms with Crippen LogP contribution in [-0.2, 0) is 10.5 Å². The van der Waals surface area contributed by atoms with Crippen molar-refractivity contribution in [3.05, 3.63) is 124 Å². The van der Waals surface area contributed by atoms with Crippen molar-refractivity contribution in [2.75, 3.05) is 0 Å².